The summed E-state index contributed by atoms with van der Waals surface area (Å²) in [5.41, 5.74) is 5.78. The zero-order chi connectivity index (χ0) is 14.2. The Labute approximate surface area is 123 Å². The molecule has 0 heterocycles. The molecule has 0 radical (unpaired) electrons. The Balaban J connectivity index is 0.00000200. The van der Waals surface area contributed by atoms with Crippen LogP contribution in [0.4, 0.5) is 8.78 Å². The van der Waals surface area contributed by atoms with E-state index in [1.165, 1.54) is 12.1 Å². The highest BCUT2D eigenvalue weighted by molar-refractivity contribution is 5.85. The van der Waals surface area contributed by atoms with Crippen molar-refractivity contribution in [3.8, 4) is 0 Å². The molecule has 2 atom stereocenters. The molecule has 1 fully saturated rings. The zero-order valence-corrected chi connectivity index (χ0v) is 12.3. The molecule has 1 aliphatic rings. The molecule has 0 aliphatic heterocycles. The second-order valence-electron chi connectivity index (χ2n) is 5.70. The first-order valence-corrected chi connectivity index (χ1v) is 6.31. The van der Waals surface area contributed by atoms with E-state index in [4.69, 9.17) is 5.73 Å². The van der Waals surface area contributed by atoms with Crippen molar-refractivity contribution >= 4 is 18.3 Å². The van der Waals surface area contributed by atoms with Gasteiger partial charge in [-0.25, -0.2) is 8.78 Å². The molecule has 2 unspecified atom stereocenters. The number of hydrogen-bond donors (Lipinski definition) is 2. The topological polar surface area (TPSA) is 55.1 Å². The summed E-state index contributed by atoms with van der Waals surface area (Å²) >= 11 is 0. The van der Waals surface area contributed by atoms with Gasteiger partial charge in [-0.3, -0.25) is 4.79 Å². The van der Waals surface area contributed by atoms with Gasteiger partial charge in [-0.15, -0.1) is 12.4 Å². The molecule has 3 N–H and O–H groups in total. The van der Waals surface area contributed by atoms with Crippen LogP contribution >= 0.6 is 12.4 Å². The summed E-state index contributed by atoms with van der Waals surface area (Å²) in [5, 5.41) is 2.86. The smallest absolute Gasteiger partial charge is 0.224 e. The standard InChI is InChI=1S/C14H18F2N2O.ClH/c1-14(2,7-17)18-13(19)10-6-9(10)8-3-4-11(15)12(16)5-8;/h3-5,9-10H,6-7,17H2,1-2H3,(H,18,19);1H. The van der Waals surface area contributed by atoms with Gasteiger partial charge in [0.2, 0.25) is 5.91 Å². The summed E-state index contributed by atoms with van der Waals surface area (Å²) in [7, 11) is 0. The lowest BCUT2D eigenvalue weighted by Gasteiger charge is -2.24. The molecule has 1 aliphatic carbocycles. The fraction of sp³-hybridized carbons (Fsp3) is 0.500. The van der Waals surface area contributed by atoms with Crippen molar-refractivity contribution in [3.05, 3.63) is 35.4 Å². The Morgan fingerprint density at radius 2 is 2.05 bits per heavy atom. The molecule has 1 aromatic carbocycles. The normalized spacial score (nSPS) is 21.1. The highest BCUT2D eigenvalue weighted by atomic mass is 35.5. The summed E-state index contributed by atoms with van der Waals surface area (Å²) in [5.74, 6) is -2.01. The number of nitrogens with two attached hydrogens (primary N) is 1. The van der Waals surface area contributed by atoms with E-state index in [1.54, 1.807) is 0 Å². The van der Waals surface area contributed by atoms with Crippen LogP contribution in [0.1, 0.15) is 31.7 Å². The third-order valence-electron chi connectivity index (χ3n) is 3.47. The van der Waals surface area contributed by atoms with E-state index in [0.717, 1.165) is 6.07 Å². The summed E-state index contributed by atoms with van der Waals surface area (Å²) in [6.45, 7) is 4.04. The lowest BCUT2D eigenvalue weighted by Crippen LogP contribution is -2.49. The van der Waals surface area contributed by atoms with E-state index >= 15 is 0 Å². The van der Waals surface area contributed by atoms with Crippen molar-refractivity contribution in [2.24, 2.45) is 11.7 Å². The molecule has 6 heteroatoms. The Kier molecular flexibility index (Phi) is 5.10. The number of amides is 1. The SMILES string of the molecule is CC(C)(CN)NC(=O)C1CC1c1ccc(F)c(F)c1.Cl. The molecule has 1 aromatic rings. The van der Waals surface area contributed by atoms with Crippen LogP contribution in [0, 0.1) is 17.6 Å². The second-order valence-corrected chi connectivity index (χ2v) is 5.70. The van der Waals surface area contributed by atoms with Crippen molar-refractivity contribution in [1.82, 2.24) is 5.32 Å². The average molecular weight is 305 g/mol. The molecule has 1 amide bonds. The molecular formula is C14H19ClF2N2O. The largest absolute Gasteiger partial charge is 0.350 e. The lowest BCUT2D eigenvalue weighted by atomic mass is 10.0. The third kappa shape index (κ3) is 3.67. The molecular weight excluding hydrogens is 286 g/mol. The number of hydrogen-bond acceptors (Lipinski definition) is 2. The van der Waals surface area contributed by atoms with Gasteiger partial charge in [-0.05, 0) is 43.9 Å². The lowest BCUT2D eigenvalue weighted by molar-refractivity contribution is -0.123. The Morgan fingerprint density at radius 3 is 2.60 bits per heavy atom. The van der Waals surface area contributed by atoms with Gasteiger partial charge in [0.1, 0.15) is 0 Å². The minimum absolute atomic E-state index is 0. The Morgan fingerprint density at radius 1 is 1.40 bits per heavy atom. The maximum absolute atomic E-state index is 13.1. The fourth-order valence-corrected chi connectivity index (χ4v) is 2.07. The van der Waals surface area contributed by atoms with E-state index in [0.29, 0.717) is 18.5 Å². The summed E-state index contributed by atoms with van der Waals surface area (Å²) in [6.07, 6.45) is 0.664. The van der Waals surface area contributed by atoms with Crippen molar-refractivity contribution in [2.75, 3.05) is 6.54 Å². The number of carbonyl (C=O) groups is 1. The maximum Gasteiger partial charge on any atom is 0.224 e. The van der Waals surface area contributed by atoms with Gasteiger partial charge in [-0.1, -0.05) is 6.07 Å². The van der Waals surface area contributed by atoms with Gasteiger partial charge >= 0.3 is 0 Å². The van der Waals surface area contributed by atoms with Gasteiger partial charge in [0, 0.05) is 18.0 Å². The summed E-state index contributed by atoms with van der Waals surface area (Å²) in [4.78, 5) is 12.0. The Bertz CT molecular complexity index is 508. The number of nitrogens with one attached hydrogen (secondary N) is 1. The number of rotatable bonds is 4. The van der Waals surface area contributed by atoms with Gasteiger partial charge in [0.05, 0.1) is 0 Å². The fourth-order valence-electron chi connectivity index (χ4n) is 2.07. The van der Waals surface area contributed by atoms with Crippen molar-refractivity contribution in [1.29, 1.82) is 0 Å². The van der Waals surface area contributed by atoms with Crippen LogP contribution in [0.15, 0.2) is 18.2 Å². The summed E-state index contributed by atoms with van der Waals surface area (Å²) < 4.78 is 26.0. The Hall–Kier alpha value is -1.20. The monoisotopic (exact) mass is 304 g/mol. The molecule has 1 saturated carbocycles. The average Bonchev–Trinajstić information content (AvgIpc) is 3.12. The van der Waals surface area contributed by atoms with E-state index in [9.17, 15) is 13.6 Å². The van der Waals surface area contributed by atoms with Crippen LogP contribution < -0.4 is 11.1 Å². The maximum atomic E-state index is 13.1. The van der Waals surface area contributed by atoms with Gasteiger partial charge in [0.15, 0.2) is 11.6 Å². The first-order valence-electron chi connectivity index (χ1n) is 6.31. The first kappa shape index (κ1) is 16.9. The molecule has 0 spiro atoms. The molecule has 20 heavy (non-hydrogen) atoms. The molecule has 2 rings (SSSR count). The predicted molar refractivity (Wildman–Crippen MR) is 75.7 cm³/mol. The zero-order valence-electron chi connectivity index (χ0n) is 11.5. The number of carbonyl (C=O) groups excluding carboxylic acids is 1. The second kappa shape index (κ2) is 6.06. The van der Waals surface area contributed by atoms with E-state index in [2.05, 4.69) is 5.32 Å². The van der Waals surface area contributed by atoms with Gasteiger partial charge in [-0.2, -0.15) is 0 Å². The van der Waals surface area contributed by atoms with Crippen molar-refractivity contribution in [3.63, 3.8) is 0 Å². The van der Waals surface area contributed by atoms with E-state index < -0.39 is 17.2 Å². The van der Waals surface area contributed by atoms with Crippen LogP contribution in [-0.4, -0.2) is 18.0 Å². The highest BCUT2D eigenvalue weighted by Gasteiger charge is 2.45. The quantitative estimate of drug-likeness (QED) is 0.897. The molecule has 0 bridgehead atoms. The van der Waals surface area contributed by atoms with Crippen LogP contribution in [0.5, 0.6) is 0 Å². The van der Waals surface area contributed by atoms with Crippen molar-refractivity contribution < 1.29 is 13.6 Å². The van der Waals surface area contributed by atoms with Crippen LogP contribution in [0.3, 0.4) is 0 Å². The number of halogens is 3. The van der Waals surface area contributed by atoms with Crippen LogP contribution in [-0.2, 0) is 4.79 Å². The highest BCUT2D eigenvalue weighted by Crippen LogP contribution is 2.47. The number of benzene rings is 1. The predicted octanol–water partition coefficient (Wildman–Crippen LogP) is 2.34. The van der Waals surface area contributed by atoms with Crippen molar-refractivity contribution in [2.45, 2.75) is 31.7 Å². The van der Waals surface area contributed by atoms with Crippen LogP contribution in [0.2, 0.25) is 0 Å². The molecule has 0 aromatic heterocycles. The van der Waals surface area contributed by atoms with Crippen LogP contribution in [0.25, 0.3) is 0 Å². The third-order valence-corrected chi connectivity index (χ3v) is 3.47. The minimum atomic E-state index is -0.870. The molecule has 112 valence electrons. The van der Waals surface area contributed by atoms with E-state index in [-0.39, 0.29) is 30.2 Å². The van der Waals surface area contributed by atoms with Gasteiger partial charge in [0.25, 0.3) is 0 Å². The summed E-state index contributed by atoms with van der Waals surface area (Å²) in [6, 6.07) is 3.80. The van der Waals surface area contributed by atoms with Gasteiger partial charge < -0.3 is 11.1 Å². The van der Waals surface area contributed by atoms with E-state index in [1.807, 2.05) is 13.8 Å². The molecule has 3 nitrogen and oxygen atoms in total. The molecule has 0 saturated heterocycles. The first-order chi connectivity index (χ1) is 8.84. The minimum Gasteiger partial charge on any atom is -0.350 e.